The summed E-state index contributed by atoms with van der Waals surface area (Å²) in [6.07, 6.45) is 0.671. The first-order chi connectivity index (χ1) is 11.6. The molecule has 6 heteroatoms. The third kappa shape index (κ3) is 3.25. The van der Waals surface area contributed by atoms with Crippen molar-refractivity contribution in [1.29, 1.82) is 0 Å². The number of benzene rings is 2. The lowest BCUT2D eigenvalue weighted by Gasteiger charge is -2.12. The number of halogens is 2. The van der Waals surface area contributed by atoms with Crippen molar-refractivity contribution in [3.63, 3.8) is 0 Å². The molecule has 2 aromatic carbocycles. The van der Waals surface area contributed by atoms with Crippen molar-refractivity contribution in [2.75, 3.05) is 13.0 Å². The zero-order valence-corrected chi connectivity index (χ0v) is 14.6. The van der Waals surface area contributed by atoms with Crippen LogP contribution in [0.3, 0.4) is 0 Å². The third-order valence-corrected chi connectivity index (χ3v) is 4.31. The summed E-state index contributed by atoms with van der Waals surface area (Å²) in [5, 5.41) is 6.56. The number of methoxy groups -OCH3 is 1. The Labute approximate surface area is 149 Å². The standard InChI is InChI=1S/C18H16Cl2N2O2/c1-24-14-7-8-15-16(11-14)18(23)22(10-2-9-19)21-17(15)12-3-5-13(20)6-4-12/h3-8,11H,2,9-10H2,1H3. The summed E-state index contributed by atoms with van der Waals surface area (Å²) in [5.41, 5.74) is 1.49. The smallest absolute Gasteiger partial charge is 0.274 e. The largest absolute Gasteiger partial charge is 0.497 e. The van der Waals surface area contributed by atoms with Crippen LogP contribution in [0.2, 0.25) is 5.02 Å². The minimum absolute atomic E-state index is 0.147. The first kappa shape index (κ1) is 16.8. The number of aryl methyl sites for hydroxylation is 1. The molecular formula is C18H16Cl2N2O2. The first-order valence-electron chi connectivity index (χ1n) is 7.55. The van der Waals surface area contributed by atoms with Gasteiger partial charge >= 0.3 is 0 Å². The van der Waals surface area contributed by atoms with Crippen LogP contribution in [0, 0.1) is 0 Å². The van der Waals surface area contributed by atoms with Gasteiger partial charge in [-0.1, -0.05) is 23.7 Å². The van der Waals surface area contributed by atoms with Gasteiger partial charge in [0, 0.05) is 28.4 Å². The van der Waals surface area contributed by atoms with Crippen molar-refractivity contribution in [2.45, 2.75) is 13.0 Å². The Kier molecular flexibility index (Phi) is 5.07. The number of ether oxygens (including phenoxy) is 1. The van der Waals surface area contributed by atoms with E-state index in [2.05, 4.69) is 5.10 Å². The fraction of sp³-hybridized carbons (Fsp3) is 0.222. The Morgan fingerprint density at radius 3 is 2.54 bits per heavy atom. The highest BCUT2D eigenvalue weighted by Crippen LogP contribution is 2.28. The molecule has 0 N–H and O–H groups in total. The average Bonchev–Trinajstić information content (AvgIpc) is 2.62. The SMILES string of the molecule is COc1ccc2c(-c3ccc(Cl)cc3)nn(CCCCl)c(=O)c2c1. The summed E-state index contributed by atoms with van der Waals surface area (Å²) in [6, 6.07) is 12.8. The maximum atomic E-state index is 12.7. The second-order valence-electron chi connectivity index (χ2n) is 5.34. The molecule has 0 aliphatic heterocycles. The maximum Gasteiger partial charge on any atom is 0.274 e. The monoisotopic (exact) mass is 362 g/mol. The highest BCUT2D eigenvalue weighted by Gasteiger charge is 2.13. The van der Waals surface area contributed by atoms with E-state index < -0.39 is 0 Å². The van der Waals surface area contributed by atoms with E-state index in [1.807, 2.05) is 36.4 Å². The highest BCUT2D eigenvalue weighted by molar-refractivity contribution is 6.30. The van der Waals surface area contributed by atoms with E-state index in [9.17, 15) is 4.79 Å². The predicted octanol–water partition coefficient (Wildman–Crippen LogP) is 4.35. The average molecular weight is 363 g/mol. The van der Waals surface area contributed by atoms with Crippen LogP contribution in [0.5, 0.6) is 5.75 Å². The van der Waals surface area contributed by atoms with E-state index >= 15 is 0 Å². The van der Waals surface area contributed by atoms with Crippen LogP contribution < -0.4 is 10.3 Å². The minimum Gasteiger partial charge on any atom is -0.497 e. The molecular weight excluding hydrogens is 347 g/mol. The van der Waals surface area contributed by atoms with E-state index in [0.717, 1.165) is 16.6 Å². The summed E-state index contributed by atoms with van der Waals surface area (Å²) in [6.45, 7) is 0.468. The summed E-state index contributed by atoms with van der Waals surface area (Å²) in [5.74, 6) is 1.11. The van der Waals surface area contributed by atoms with E-state index in [1.54, 1.807) is 13.2 Å². The third-order valence-electron chi connectivity index (χ3n) is 3.79. The number of hydrogen-bond donors (Lipinski definition) is 0. The van der Waals surface area contributed by atoms with Gasteiger partial charge in [-0.15, -0.1) is 11.6 Å². The summed E-state index contributed by atoms with van der Waals surface area (Å²) in [4.78, 5) is 12.7. The Bertz CT molecular complexity index is 921. The molecule has 0 aliphatic rings. The zero-order valence-electron chi connectivity index (χ0n) is 13.1. The van der Waals surface area contributed by atoms with Crippen LogP contribution in [-0.4, -0.2) is 22.8 Å². The molecule has 0 radical (unpaired) electrons. The number of aromatic nitrogens is 2. The number of fused-ring (bicyclic) bond motifs is 1. The van der Waals surface area contributed by atoms with Gasteiger partial charge in [0.1, 0.15) is 5.75 Å². The molecule has 0 unspecified atom stereocenters. The van der Waals surface area contributed by atoms with E-state index in [-0.39, 0.29) is 5.56 Å². The lowest BCUT2D eigenvalue weighted by atomic mass is 10.0. The van der Waals surface area contributed by atoms with Gasteiger partial charge in [0.2, 0.25) is 0 Å². The van der Waals surface area contributed by atoms with Gasteiger partial charge in [-0.2, -0.15) is 5.10 Å². The molecule has 1 aromatic heterocycles. The van der Waals surface area contributed by atoms with Crippen LogP contribution in [0.1, 0.15) is 6.42 Å². The summed E-state index contributed by atoms with van der Waals surface area (Å²) >= 11 is 11.7. The normalized spacial score (nSPS) is 11.0. The van der Waals surface area contributed by atoms with Crippen molar-refractivity contribution < 1.29 is 4.74 Å². The number of rotatable bonds is 5. The van der Waals surface area contributed by atoms with Gasteiger partial charge in [-0.25, -0.2) is 4.68 Å². The zero-order chi connectivity index (χ0) is 17.1. The van der Waals surface area contributed by atoms with E-state index in [1.165, 1.54) is 4.68 Å². The molecule has 24 heavy (non-hydrogen) atoms. The first-order valence-corrected chi connectivity index (χ1v) is 8.46. The molecule has 124 valence electrons. The topological polar surface area (TPSA) is 44.1 Å². The molecule has 0 saturated heterocycles. The van der Waals surface area contributed by atoms with E-state index in [0.29, 0.717) is 35.0 Å². The van der Waals surface area contributed by atoms with Crippen LogP contribution in [0.25, 0.3) is 22.0 Å². The molecule has 3 rings (SSSR count). The van der Waals surface area contributed by atoms with Crippen molar-refractivity contribution in [3.8, 4) is 17.0 Å². The van der Waals surface area contributed by atoms with Crippen molar-refractivity contribution in [3.05, 3.63) is 57.8 Å². The Hall–Kier alpha value is -2.04. The lowest BCUT2D eigenvalue weighted by molar-refractivity contribution is 0.415. The molecule has 0 bridgehead atoms. The molecule has 0 aliphatic carbocycles. The quantitative estimate of drug-likeness (QED) is 0.633. The van der Waals surface area contributed by atoms with Gasteiger partial charge in [0.05, 0.1) is 18.2 Å². The van der Waals surface area contributed by atoms with E-state index in [4.69, 9.17) is 27.9 Å². The number of hydrogen-bond acceptors (Lipinski definition) is 3. The van der Waals surface area contributed by atoms with Gasteiger partial charge in [0.25, 0.3) is 5.56 Å². The van der Waals surface area contributed by atoms with Gasteiger partial charge in [0.15, 0.2) is 0 Å². The van der Waals surface area contributed by atoms with Crippen molar-refractivity contribution >= 4 is 34.0 Å². The molecule has 0 amide bonds. The van der Waals surface area contributed by atoms with Gasteiger partial charge in [-0.05, 0) is 36.8 Å². The summed E-state index contributed by atoms with van der Waals surface area (Å²) < 4.78 is 6.72. The van der Waals surface area contributed by atoms with Crippen molar-refractivity contribution in [2.24, 2.45) is 0 Å². The Balaban J connectivity index is 2.28. The predicted molar refractivity (Wildman–Crippen MR) is 98.3 cm³/mol. The molecule has 0 spiro atoms. The Morgan fingerprint density at radius 2 is 1.88 bits per heavy atom. The summed E-state index contributed by atoms with van der Waals surface area (Å²) in [7, 11) is 1.58. The second kappa shape index (κ2) is 7.24. The molecule has 0 atom stereocenters. The van der Waals surface area contributed by atoms with Crippen LogP contribution >= 0.6 is 23.2 Å². The number of alkyl halides is 1. The van der Waals surface area contributed by atoms with Crippen LogP contribution in [0.15, 0.2) is 47.3 Å². The second-order valence-corrected chi connectivity index (χ2v) is 6.15. The molecule has 3 aromatic rings. The molecule has 0 fully saturated rings. The molecule has 4 nitrogen and oxygen atoms in total. The fourth-order valence-corrected chi connectivity index (χ4v) is 2.82. The lowest BCUT2D eigenvalue weighted by Crippen LogP contribution is -2.24. The highest BCUT2D eigenvalue weighted by atomic mass is 35.5. The minimum atomic E-state index is -0.147. The molecule has 1 heterocycles. The van der Waals surface area contributed by atoms with Crippen molar-refractivity contribution in [1.82, 2.24) is 9.78 Å². The van der Waals surface area contributed by atoms with Crippen LogP contribution in [0.4, 0.5) is 0 Å². The van der Waals surface area contributed by atoms with Gasteiger partial charge < -0.3 is 4.74 Å². The maximum absolute atomic E-state index is 12.7. The van der Waals surface area contributed by atoms with Gasteiger partial charge in [-0.3, -0.25) is 4.79 Å². The molecule has 0 saturated carbocycles. The number of nitrogens with zero attached hydrogens (tertiary/aromatic N) is 2. The Morgan fingerprint density at radius 1 is 1.12 bits per heavy atom. The fourth-order valence-electron chi connectivity index (χ4n) is 2.57. The van der Waals surface area contributed by atoms with Crippen LogP contribution in [-0.2, 0) is 6.54 Å².